The first-order valence-electron chi connectivity index (χ1n) is 7.80. The standard InChI is InChI=1S/C16H17Cl2N3O4S/c1-10-19-16(20-21(10)11-5-6-12(17)13(18)9-11)26-8-4-2-3-7-25-15(24)14(22)23/h5-6,9H,2-4,7-8H2,1H3,(H,22,23). The lowest BCUT2D eigenvalue weighted by Crippen LogP contribution is -2.16. The summed E-state index contributed by atoms with van der Waals surface area (Å²) in [5.74, 6) is -1.24. The number of rotatable bonds is 8. The van der Waals surface area contributed by atoms with Crippen molar-refractivity contribution in [2.24, 2.45) is 0 Å². The number of aromatic nitrogens is 3. The predicted octanol–water partition coefficient (Wildman–Crippen LogP) is 3.77. The molecule has 1 heterocycles. The number of carboxylic acids is 1. The lowest BCUT2D eigenvalue weighted by molar-refractivity contribution is -0.163. The number of aryl methyl sites for hydroxylation is 1. The fraction of sp³-hybridized carbons (Fsp3) is 0.375. The maximum Gasteiger partial charge on any atom is 0.417 e. The molecule has 0 bridgehead atoms. The summed E-state index contributed by atoms with van der Waals surface area (Å²) in [7, 11) is 0. The number of benzene rings is 1. The van der Waals surface area contributed by atoms with Crippen LogP contribution in [0, 0.1) is 6.92 Å². The zero-order chi connectivity index (χ0) is 19.1. The van der Waals surface area contributed by atoms with Crippen LogP contribution in [0.5, 0.6) is 0 Å². The summed E-state index contributed by atoms with van der Waals surface area (Å²) >= 11 is 13.5. The van der Waals surface area contributed by atoms with Gasteiger partial charge in [-0.1, -0.05) is 35.0 Å². The zero-order valence-corrected chi connectivity index (χ0v) is 16.3. The summed E-state index contributed by atoms with van der Waals surface area (Å²) in [6.07, 6.45) is 2.30. The highest BCUT2D eigenvalue weighted by Crippen LogP contribution is 2.25. The molecule has 10 heteroatoms. The van der Waals surface area contributed by atoms with Crippen molar-refractivity contribution in [3.63, 3.8) is 0 Å². The van der Waals surface area contributed by atoms with E-state index in [1.54, 1.807) is 16.8 Å². The average Bonchev–Trinajstić information content (AvgIpc) is 2.96. The fourth-order valence-electron chi connectivity index (χ4n) is 2.06. The molecule has 2 aromatic rings. The van der Waals surface area contributed by atoms with Crippen molar-refractivity contribution in [2.45, 2.75) is 31.3 Å². The van der Waals surface area contributed by atoms with E-state index in [1.165, 1.54) is 11.8 Å². The van der Waals surface area contributed by atoms with E-state index in [2.05, 4.69) is 14.8 Å². The third kappa shape index (κ3) is 5.89. The third-order valence-corrected chi connectivity index (χ3v) is 4.99. The van der Waals surface area contributed by atoms with Gasteiger partial charge >= 0.3 is 11.9 Å². The molecule has 0 atom stereocenters. The zero-order valence-electron chi connectivity index (χ0n) is 13.9. The second kappa shape index (κ2) is 9.80. The molecule has 1 N–H and O–H groups in total. The van der Waals surface area contributed by atoms with E-state index in [0.717, 1.165) is 30.1 Å². The molecular formula is C16H17Cl2N3O4S. The van der Waals surface area contributed by atoms with Gasteiger partial charge in [0.05, 0.1) is 22.3 Å². The van der Waals surface area contributed by atoms with Crippen molar-refractivity contribution >= 4 is 46.9 Å². The van der Waals surface area contributed by atoms with E-state index in [4.69, 9.17) is 28.3 Å². The van der Waals surface area contributed by atoms with E-state index in [9.17, 15) is 9.59 Å². The Morgan fingerprint density at radius 2 is 2.00 bits per heavy atom. The van der Waals surface area contributed by atoms with Crippen molar-refractivity contribution in [3.05, 3.63) is 34.1 Å². The predicted molar refractivity (Wildman–Crippen MR) is 99.3 cm³/mol. The number of hydrogen-bond donors (Lipinski definition) is 1. The van der Waals surface area contributed by atoms with Crippen LogP contribution in [0.25, 0.3) is 5.69 Å². The largest absolute Gasteiger partial charge is 0.473 e. The van der Waals surface area contributed by atoms with E-state index in [0.29, 0.717) is 21.6 Å². The highest BCUT2D eigenvalue weighted by molar-refractivity contribution is 7.99. The minimum Gasteiger partial charge on any atom is -0.473 e. The molecule has 0 saturated carbocycles. The molecule has 0 amide bonds. The highest BCUT2D eigenvalue weighted by Gasteiger charge is 2.12. The first-order chi connectivity index (χ1) is 12.4. The summed E-state index contributed by atoms with van der Waals surface area (Å²) in [5.41, 5.74) is 0.788. The van der Waals surface area contributed by atoms with Crippen molar-refractivity contribution in [2.75, 3.05) is 12.4 Å². The van der Waals surface area contributed by atoms with Gasteiger partial charge in [-0.05, 0) is 44.4 Å². The Morgan fingerprint density at radius 1 is 1.23 bits per heavy atom. The molecule has 0 aliphatic heterocycles. The first-order valence-corrected chi connectivity index (χ1v) is 9.54. The quantitative estimate of drug-likeness (QED) is 0.302. The van der Waals surface area contributed by atoms with Crippen LogP contribution < -0.4 is 0 Å². The normalized spacial score (nSPS) is 10.7. The molecule has 1 aromatic heterocycles. The number of nitrogens with zero attached hydrogens (tertiary/aromatic N) is 3. The second-order valence-corrected chi connectivity index (χ2v) is 7.18. The lowest BCUT2D eigenvalue weighted by Gasteiger charge is -2.04. The minimum absolute atomic E-state index is 0.110. The number of esters is 1. The van der Waals surface area contributed by atoms with Gasteiger partial charge in [-0.3, -0.25) is 0 Å². The van der Waals surface area contributed by atoms with Crippen molar-refractivity contribution < 1.29 is 19.4 Å². The Hall–Kier alpha value is -1.77. The topological polar surface area (TPSA) is 94.3 Å². The van der Waals surface area contributed by atoms with Gasteiger partial charge in [-0.2, -0.15) is 0 Å². The molecule has 0 unspecified atom stereocenters. The van der Waals surface area contributed by atoms with Crippen LogP contribution in [-0.4, -0.2) is 44.2 Å². The van der Waals surface area contributed by atoms with Gasteiger partial charge in [0, 0.05) is 5.75 Å². The van der Waals surface area contributed by atoms with Gasteiger partial charge in [0.2, 0.25) is 5.16 Å². The van der Waals surface area contributed by atoms with Crippen LogP contribution in [0.1, 0.15) is 25.1 Å². The molecule has 140 valence electrons. The third-order valence-electron chi connectivity index (χ3n) is 3.32. The summed E-state index contributed by atoms with van der Waals surface area (Å²) in [6.45, 7) is 1.97. The molecule has 0 aliphatic rings. The number of carbonyl (C=O) groups excluding carboxylic acids is 1. The maximum atomic E-state index is 10.7. The Labute approximate surface area is 164 Å². The number of unbranched alkanes of at least 4 members (excludes halogenated alkanes) is 2. The summed E-state index contributed by atoms with van der Waals surface area (Å²) in [6, 6.07) is 5.27. The van der Waals surface area contributed by atoms with E-state index < -0.39 is 11.9 Å². The summed E-state index contributed by atoms with van der Waals surface area (Å²) in [5, 5.41) is 14.4. The van der Waals surface area contributed by atoms with Crippen molar-refractivity contribution in [1.82, 2.24) is 14.8 Å². The molecule has 1 aromatic carbocycles. The van der Waals surface area contributed by atoms with Crippen LogP contribution in [-0.2, 0) is 14.3 Å². The Morgan fingerprint density at radius 3 is 2.69 bits per heavy atom. The molecule has 2 rings (SSSR count). The van der Waals surface area contributed by atoms with Crippen LogP contribution in [0.2, 0.25) is 10.0 Å². The van der Waals surface area contributed by atoms with Crippen LogP contribution in [0.3, 0.4) is 0 Å². The molecule has 7 nitrogen and oxygen atoms in total. The molecule has 0 fully saturated rings. The van der Waals surface area contributed by atoms with E-state index in [1.807, 2.05) is 13.0 Å². The van der Waals surface area contributed by atoms with Gasteiger partial charge < -0.3 is 9.84 Å². The molecule has 0 spiro atoms. The number of hydrogen-bond acceptors (Lipinski definition) is 6. The SMILES string of the molecule is Cc1nc(SCCCCCOC(=O)C(=O)O)nn1-c1ccc(Cl)c(Cl)c1. The Balaban J connectivity index is 1.76. The maximum absolute atomic E-state index is 10.7. The van der Waals surface area contributed by atoms with Crippen molar-refractivity contribution in [3.8, 4) is 5.69 Å². The molecule has 0 aliphatic carbocycles. The fourth-order valence-corrected chi connectivity index (χ4v) is 3.22. The molecule has 0 saturated heterocycles. The molecular weight excluding hydrogens is 401 g/mol. The highest BCUT2D eigenvalue weighted by atomic mass is 35.5. The number of carbonyl (C=O) groups is 2. The minimum atomic E-state index is -1.57. The van der Waals surface area contributed by atoms with Gasteiger partial charge in [0.15, 0.2) is 0 Å². The van der Waals surface area contributed by atoms with E-state index in [-0.39, 0.29) is 6.61 Å². The number of ether oxygens (including phenoxy) is 1. The van der Waals surface area contributed by atoms with E-state index >= 15 is 0 Å². The van der Waals surface area contributed by atoms with Gasteiger partial charge in [0.1, 0.15) is 5.82 Å². The monoisotopic (exact) mass is 417 g/mol. The van der Waals surface area contributed by atoms with Crippen LogP contribution in [0.15, 0.2) is 23.4 Å². The molecule has 26 heavy (non-hydrogen) atoms. The Kier molecular flexibility index (Phi) is 7.74. The number of carboxylic acid groups (broad SMARTS) is 1. The number of aliphatic carboxylic acids is 1. The summed E-state index contributed by atoms with van der Waals surface area (Å²) in [4.78, 5) is 25.4. The molecule has 0 radical (unpaired) electrons. The van der Waals surface area contributed by atoms with Gasteiger partial charge in [-0.25, -0.2) is 19.3 Å². The van der Waals surface area contributed by atoms with Gasteiger partial charge in [-0.15, -0.1) is 5.10 Å². The van der Waals surface area contributed by atoms with Gasteiger partial charge in [0.25, 0.3) is 0 Å². The number of halogens is 2. The van der Waals surface area contributed by atoms with Crippen molar-refractivity contribution in [1.29, 1.82) is 0 Å². The Bertz CT molecular complexity index is 798. The smallest absolute Gasteiger partial charge is 0.417 e. The second-order valence-electron chi connectivity index (χ2n) is 5.30. The average molecular weight is 418 g/mol. The lowest BCUT2D eigenvalue weighted by atomic mass is 10.3. The van der Waals surface area contributed by atoms with Crippen LogP contribution >= 0.6 is 35.0 Å². The number of thioether (sulfide) groups is 1. The summed E-state index contributed by atoms with van der Waals surface area (Å²) < 4.78 is 6.27. The first kappa shape index (κ1) is 20.5. The van der Waals surface area contributed by atoms with Crippen LogP contribution in [0.4, 0.5) is 0 Å².